The fourth-order valence-electron chi connectivity index (χ4n) is 1.71. The van der Waals surface area contributed by atoms with Crippen LogP contribution in [0.2, 0.25) is 0 Å². The van der Waals surface area contributed by atoms with Gasteiger partial charge in [0.05, 0.1) is 11.6 Å². The monoisotopic (exact) mass is 250 g/mol. The second kappa shape index (κ2) is 6.48. The first-order chi connectivity index (χ1) is 8.54. The van der Waals surface area contributed by atoms with Crippen LogP contribution >= 0.6 is 0 Å². The van der Waals surface area contributed by atoms with Gasteiger partial charge < -0.3 is 10.4 Å². The van der Waals surface area contributed by atoms with E-state index in [1.165, 1.54) is 6.07 Å². The Morgan fingerprint density at radius 1 is 1.50 bits per heavy atom. The Balaban J connectivity index is 2.71. The molecule has 98 valence electrons. The number of hydrogen-bond acceptors (Lipinski definition) is 3. The lowest BCUT2D eigenvalue weighted by atomic mass is 9.94. The Hall–Kier alpha value is -1.44. The number of halogens is 1. The molecule has 0 bridgehead atoms. The molecule has 0 spiro atoms. The van der Waals surface area contributed by atoms with Crippen molar-refractivity contribution in [3.8, 4) is 6.07 Å². The van der Waals surface area contributed by atoms with Crippen LogP contribution in [0.25, 0.3) is 0 Å². The summed E-state index contributed by atoms with van der Waals surface area (Å²) in [6.07, 6.45) is 1.48. The number of nitriles is 1. The highest BCUT2D eigenvalue weighted by atomic mass is 19.1. The van der Waals surface area contributed by atoms with Crippen LogP contribution in [-0.4, -0.2) is 17.3 Å². The normalized spacial score (nSPS) is 13.9. The molecule has 0 saturated carbocycles. The van der Waals surface area contributed by atoms with E-state index in [-0.39, 0.29) is 18.0 Å². The van der Waals surface area contributed by atoms with Crippen LogP contribution in [0.15, 0.2) is 18.2 Å². The van der Waals surface area contributed by atoms with E-state index in [4.69, 9.17) is 10.4 Å². The van der Waals surface area contributed by atoms with Gasteiger partial charge in [-0.1, -0.05) is 13.0 Å². The average molecular weight is 250 g/mol. The van der Waals surface area contributed by atoms with Crippen LogP contribution in [0, 0.1) is 17.1 Å². The van der Waals surface area contributed by atoms with Crippen LogP contribution in [0.1, 0.15) is 37.8 Å². The molecule has 0 saturated heterocycles. The molecule has 0 aliphatic heterocycles. The summed E-state index contributed by atoms with van der Waals surface area (Å²) < 4.78 is 13.7. The predicted octanol–water partition coefficient (Wildman–Crippen LogP) is 2.34. The molecule has 18 heavy (non-hydrogen) atoms. The van der Waals surface area contributed by atoms with Gasteiger partial charge in [0.25, 0.3) is 0 Å². The van der Waals surface area contributed by atoms with Crippen LogP contribution in [0.5, 0.6) is 0 Å². The topological polar surface area (TPSA) is 56.0 Å². The Labute approximate surface area is 107 Å². The molecule has 0 radical (unpaired) electrons. The van der Waals surface area contributed by atoms with Crippen molar-refractivity contribution in [3.05, 3.63) is 35.1 Å². The van der Waals surface area contributed by atoms with Gasteiger partial charge in [0.2, 0.25) is 0 Å². The standard InChI is InChI=1S/C14H19FN2O/c1-3-14(2,6-7-18)17-10-12-5-4-11(9-16)8-13(12)15/h4-5,8,17-18H,3,6-7,10H2,1-2H3. The molecule has 1 aromatic carbocycles. The molecule has 0 amide bonds. The van der Waals surface area contributed by atoms with E-state index in [1.54, 1.807) is 12.1 Å². The van der Waals surface area contributed by atoms with Gasteiger partial charge in [0.1, 0.15) is 5.82 Å². The maximum absolute atomic E-state index is 13.7. The van der Waals surface area contributed by atoms with Gasteiger partial charge in [-0.05, 0) is 31.9 Å². The lowest BCUT2D eigenvalue weighted by Crippen LogP contribution is -2.42. The Morgan fingerprint density at radius 2 is 2.22 bits per heavy atom. The molecular formula is C14H19FN2O. The van der Waals surface area contributed by atoms with Crippen molar-refractivity contribution in [1.29, 1.82) is 5.26 Å². The summed E-state index contributed by atoms with van der Waals surface area (Å²) in [6, 6.07) is 6.38. The number of hydrogen-bond donors (Lipinski definition) is 2. The summed E-state index contributed by atoms with van der Waals surface area (Å²) in [5, 5.41) is 20.9. The molecule has 1 unspecified atom stereocenters. The maximum atomic E-state index is 13.7. The number of aliphatic hydroxyl groups is 1. The molecular weight excluding hydrogens is 231 g/mol. The minimum Gasteiger partial charge on any atom is -0.396 e. The summed E-state index contributed by atoms with van der Waals surface area (Å²) in [5.41, 5.74) is 0.659. The fourth-order valence-corrected chi connectivity index (χ4v) is 1.71. The SMILES string of the molecule is CCC(C)(CCO)NCc1ccc(C#N)cc1F. The van der Waals surface area contributed by atoms with Crippen molar-refractivity contribution in [2.75, 3.05) is 6.61 Å². The summed E-state index contributed by atoms with van der Waals surface area (Å²) in [4.78, 5) is 0. The summed E-state index contributed by atoms with van der Waals surface area (Å²) in [7, 11) is 0. The van der Waals surface area contributed by atoms with Gasteiger partial charge in [0, 0.05) is 24.3 Å². The first kappa shape index (κ1) is 14.6. The highest BCUT2D eigenvalue weighted by molar-refractivity contribution is 5.32. The van der Waals surface area contributed by atoms with Crippen LogP contribution in [-0.2, 0) is 6.54 Å². The van der Waals surface area contributed by atoms with Crippen molar-refractivity contribution in [2.45, 2.75) is 38.8 Å². The van der Waals surface area contributed by atoms with E-state index >= 15 is 0 Å². The van der Waals surface area contributed by atoms with E-state index < -0.39 is 0 Å². The molecule has 1 atom stereocenters. The Bertz CT molecular complexity index is 442. The molecule has 2 N–H and O–H groups in total. The van der Waals surface area contributed by atoms with Crippen molar-refractivity contribution in [2.24, 2.45) is 0 Å². The third-order valence-corrected chi connectivity index (χ3v) is 3.33. The van der Waals surface area contributed by atoms with Crippen molar-refractivity contribution in [3.63, 3.8) is 0 Å². The second-order valence-electron chi connectivity index (χ2n) is 4.66. The zero-order chi connectivity index (χ0) is 13.6. The molecule has 0 aliphatic carbocycles. The summed E-state index contributed by atoms with van der Waals surface area (Å²) >= 11 is 0. The number of nitrogens with one attached hydrogen (secondary N) is 1. The number of rotatable bonds is 6. The van der Waals surface area contributed by atoms with Gasteiger partial charge in [-0.2, -0.15) is 5.26 Å². The summed E-state index contributed by atoms with van der Waals surface area (Å²) in [6.45, 7) is 4.53. The highest BCUT2D eigenvalue weighted by Crippen LogP contribution is 2.16. The molecule has 0 fully saturated rings. The van der Waals surface area contributed by atoms with Crippen LogP contribution < -0.4 is 5.32 Å². The van der Waals surface area contributed by atoms with Gasteiger partial charge in [0.15, 0.2) is 0 Å². The van der Waals surface area contributed by atoms with Crippen molar-refractivity contribution < 1.29 is 9.50 Å². The zero-order valence-electron chi connectivity index (χ0n) is 10.8. The van der Waals surface area contributed by atoms with E-state index in [0.717, 1.165) is 6.42 Å². The van der Waals surface area contributed by atoms with Gasteiger partial charge in [-0.25, -0.2) is 4.39 Å². The Kier molecular flexibility index (Phi) is 5.26. The first-order valence-corrected chi connectivity index (χ1v) is 6.09. The zero-order valence-corrected chi connectivity index (χ0v) is 10.8. The molecule has 0 aromatic heterocycles. The van der Waals surface area contributed by atoms with E-state index in [1.807, 2.05) is 19.9 Å². The smallest absolute Gasteiger partial charge is 0.129 e. The number of benzene rings is 1. The molecule has 0 heterocycles. The van der Waals surface area contributed by atoms with Crippen LogP contribution in [0.4, 0.5) is 4.39 Å². The van der Waals surface area contributed by atoms with Crippen molar-refractivity contribution >= 4 is 0 Å². The number of aliphatic hydroxyl groups excluding tert-OH is 1. The lowest BCUT2D eigenvalue weighted by molar-refractivity contribution is 0.214. The first-order valence-electron chi connectivity index (χ1n) is 6.09. The second-order valence-corrected chi connectivity index (χ2v) is 4.66. The van der Waals surface area contributed by atoms with E-state index in [2.05, 4.69) is 5.32 Å². The predicted molar refractivity (Wildman–Crippen MR) is 68.4 cm³/mol. The third-order valence-electron chi connectivity index (χ3n) is 3.33. The lowest BCUT2D eigenvalue weighted by Gasteiger charge is -2.29. The number of nitrogens with zero attached hydrogens (tertiary/aromatic N) is 1. The van der Waals surface area contributed by atoms with E-state index in [9.17, 15) is 4.39 Å². The largest absolute Gasteiger partial charge is 0.396 e. The average Bonchev–Trinajstić information content (AvgIpc) is 2.37. The third kappa shape index (κ3) is 3.80. The highest BCUT2D eigenvalue weighted by Gasteiger charge is 2.20. The fraction of sp³-hybridized carbons (Fsp3) is 0.500. The van der Waals surface area contributed by atoms with Gasteiger partial charge in [-0.3, -0.25) is 0 Å². The maximum Gasteiger partial charge on any atom is 0.129 e. The molecule has 1 aromatic rings. The molecule has 1 rings (SSSR count). The van der Waals surface area contributed by atoms with Crippen molar-refractivity contribution in [1.82, 2.24) is 5.32 Å². The minimum atomic E-state index is -0.371. The van der Waals surface area contributed by atoms with E-state index in [0.29, 0.717) is 24.1 Å². The van der Waals surface area contributed by atoms with Gasteiger partial charge in [-0.15, -0.1) is 0 Å². The van der Waals surface area contributed by atoms with Gasteiger partial charge >= 0.3 is 0 Å². The minimum absolute atomic E-state index is 0.104. The molecule has 4 heteroatoms. The Morgan fingerprint density at radius 3 is 2.72 bits per heavy atom. The summed E-state index contributed by atoms with van der Waals surface area (Å²) in [5.74, 6) is -0.371. The molecule has 3 nitrogen and oxygen atoms in total. The van der Waals surface area contributed by atoms with Crippen LogP contribution in [0.3, 0.4) is 0 Å². The quantitative estimate of drug-likeness (QED) is 0.814. The molecule has 0 aliphatic rings.